The number of phenols is 1. The Labute approximate surface area is 170 Å². The predicted octanol–water partition coefficient (Wildman–Crippen LogP) is 4.50. The van der Waals surface area contributed by atoms with Crippen molar-refractivity contribution in [2.75, 3.05) is 21.3 Å². The maximum Gasteiger partial charge on any atom is 0.203 e. The number of benzene rings is 2. The Bertz CT molecular complexity index is 1000. The van der Waals surface area contributed by atoms with Crippen LogP contribution in [0.25, 0.3) is 12.2 Å². The molecule has 2 aromatic carbocycles. The van der Waals surface area contributed by atoms with Crippen LogP contribution in [0.5, 0.6) is 28.7 Å². The highest BCUT2D eigenvalue weighted by Crippen LogP contribution is 2.41. The fourth-order valence-corrected chi connectivity index (χ4v) is 3.15. The smallest absolute Gasteiger partial charge is 0.203 e. The van der Waals surface area contributed by atoms with Gasteiger partial charge in [-0.15, -0.1) is 0 Å². The van der Waals surface area contributed by atoms with Crippen LogP contribution < -0.4 is 18.9 Å². The molecule has 0 amide bonds. The number of ether oxygens (including phenoxy) is 4. The van der Waals surface area contributed by atoms with Crippen molar-refractivity contribution in [3.05, 3.63) is 53.1 Å². The van der Waals surface area contributed by atoms with E-state index in [1.807, 2.05) is 19.9 Å². The quantitative estimate of drug-likeness (QED) is 0.573. The van der Waals surface area contributed by atoms with Crippen molar-refractivity contribution in [1.29, 1.82) is 0 Å². The zero-order chi connectivity index (χ0) is 21.2. The molecule has 3 rings (SSSR count). The van der Waals surface area contributed by atoms with E-state index in [0.717, 1.165) is 0 Å². The molecule has 6 heteroatoms. The maximum atomic E-state index is 12.7. The second-order valence-electron chi connectivity index (χ2n) is 7.03. The van der Waals surface area contributed by atoms with Crippen LogP contribution in [-0.4, -0.2) is 37.8 Å². The molecule has 0 saturated heterocycles. The monoisotopic (exact) mass is 396 g/mol. The minimum absolute atomic E-state index is 0.108. The molecule has 1 N–H and O–H groups in total. The highest BCUT2D eigenvalue weighted by molar-refractivity contribution is 6.09. The zero-order valence-electron chi connectivity index (χ0n) is 17.1. The minimum Gasteiger partial charge on any atom is -0.506 e. The standard InChI is InChI=1S/C23H24O6/c1-23(2)13-12-16-18(29-23)11-8-15(20(16)25)17(24)9-6-14-7-10-19(26-3)22(28-5)21(14)27-4/h6-13,25H,1-5H3. The summed E-state index contributed by atoms with van der Waals surface area (Å²) in [6.45, 7) is 3.84. The second-order valence-corrected chi connectivity index (χ2v) is 7.03. The Kier molecular flexibility index (Phi) is 5.55. The number of ketones is 1. The number of hydrogen-bond donors (Lipinski definition) is 1. The fourth-order valence-electron chi connectivity index (χ4n) is 3.15. The van der Waals surface area contributed by atoms with Crippen molar-refractivity contribution in [2.45, 2.75) is 19.4 Å². The van der Waals surface area contributed by atoms with Crippen LogP contribution in [0.1, 0.15) is 35.3 Å². The van der Waals surface area contributed by atoms with Crippen molar-refractivity contribution in [1.82, 2.24) is 0 Å². The Balaban J connectivity index is 1.93. The first kappa shape index (κ1) is 20.3. The SMILES string of the molecule is COc1ccc(C=CC(=O)c2ccc3c(c2O)C=CC(C)(C)O3)c(OC)c1OC. The second kappa shape index (κ2) is 7.91. The van der Waals surface area contributed by atoms with E-state index in [0.29, 0.717) is 34.1 Å². The summed E-state index contributed by atoms with van der Waals surface area (Å²) >= 11 is 0. The van der Waals surface area contributed by atoms with Gasteiger partial charge in [-0.25, -0.2) is 0 Å². The van der Waals surface area contributed by atoms with Gasteiger partial charge in [-0.05, 0) is 62.4 Å². The molecule has 2 aromatic rings. The molecule has 29 heavy (non-hydrogen) atoms. The number of methoxy groups -OCH3 is 3. The minimum atomic E-state index is -0.463. The number of rotatable bonds is 6. The summed E-state index contributed by atoms with van der Waals surface area (Å²) in [6, 6.07) is 6.74. The van der Waals surface area contributed by atoms with E-state index < -0.39 is 5.60 Å². The van der Waals surface area contributed by atoms with E-state index in [4.69, 9.17) is 18.9 Å². The largest absolute Gasteiger partial charge is 0.506 e. The summed E-state index contributed by atoms with van der Waals surface area (Å²) in [4.78, 5) is 12.7. The first-order valence-electron chi connectivity index (χ1n) is 9.07. The number of aromatic hydroxyl groups is 1. The third-order valence-corrected chi connectivity index (χ3v) is 4.62. The van der Waals surface area contributed by atoms with Crippen LogP contribution >= 0.6 is 0 Å². The van der Waals surface area contributed by atoms with Crippen molar-refractivity contribution in [3.63, 3.8) is 0 Å². The number of hydrogen-bond acceptors (Lipinski definition) is 6. The van der Waals surface area contributed by atoms with Crippen LogP contribution in [0.2, 0.25) is 0 Å². The maximum absolute atomic E-state index is 12.7. The van der Waals surface area contributed by atoms with Gasteiger partial charge in [0.15, 0.2) is 17.3 Å². The Morgan fingerprint density at radius 3 is 2.41 bits per heavy atom. The van der Waals surface area contributed by atoms with Crippen LogP contribution in [0.15, 0.2) is 36.4 Å². The molecule has 152 valence electrons. The van der Waals surface area contributed by atoms with Crippen LogP contribution in [-0.2, 0) is 0 Å². The van der Waals surface area contributed by atoms with Gasteiger partial charge in [-0.2, -0.15) is 0 Å². The van der Waals surface area contributed by atoms with Crippen molar-refractivity contribution in [2.24, 2.45) is 0 Å². The molecule has 0 spiro atoms. The summed E-state index contributed by atoms with van der Waals surface area (Å²) in [6.07, 6.45) is 6.60. The zero-order valence-corrected chi connectivity index (χ0v) is 17.1. The third-order valence-electron chi connectivity index (χ3n) is 4.62. The molecule has 0 aromatic heterocycles. The summed E-state index contributed by atoms with van der Waals surface area (Å²) in [5.74, 6) is 1.49. The molecule has 0 bridgehead atoms. The summed E-state index contributed by atoms with van der Waals surface area (Å²) in [5, 5.41) is 10.6. The van der Waals surface area contributed by atoms with Crippen LogP contribution in [0.4, 0.5) is 0 Å². The normalized spacial score (nSPS) is 14.2. The Hall–Kier alpha value is -3.41. The number of carbonyl (C=O) groups is 1. The van der Waals surface area contributed by atoms with E-state index in [-0.39, 0.29) is 17.1 Å². The van der Waals surface area contributed by atoms with E-state index in [1.54, 1.807) is 36.4 Å². The molecule has 0 saturated carbocycles. The lowest BCUT2D eigenvalue weighted by Crippen LogP contribution is -2.27. The average molecular weight is 396 g/mol. The lowest BCUT2D eigenvalue weighted by Gasteiger charge is -2.28. The van der Waals surface area contributed by atoms with E-state index in [2.05, 4.69) is 0 Å². The van der Waals surface area contributed by atoms with Crippen molar-refractivity contribution < 1.29 is 28.8 Å². The summed E-state index contributed by atoms with van der Waals surface area (Å²) < 4.78 is 21.9. The fraction of sp³-hybridized carbons (Fsp3) is 0.261. The van der Waals surface area contributed by atoms with Crippen molar-refractivity contribution in [3.8, 4) is 28.7 Å². The lowest BCUT2D eigenvalue weighted by atomic mass is 9.98. The first-order chi connectivity index (χ1) is 13.8. The molecule has 0 fully saturated rings. The van der Waals surface area contributed by atoms with Gasteiger partial charge in [0.1, 0.15) is 17.1 Å². The van der Waals surface area contributed by atoms with Crippen molar-refractivity contribution >= 4 is 17.9 Å². The predicted molar refractivity (Wildman–Crippen MR) is 111 cm³/mol. The van der Waals surface area contributed by atoms with E-state index in [9.17, 15) is 9.90 Å². The van der Waals surface area contributed by atoms with E-state index >= 15 is 0 Å². The molecule has 0 radical (unpaired) electrons. The first-order valence-corrected chi connectivity index (χ1v) is 9.07. The highest BCUT2D eigenvalue weighted by atomic mass is 16.5. The third kappa shape index (κ3) is 3.92. The van der Waals surface area contributed by atoms with Crippen LogP contribution in [0, 0.1) is 0 Å². The average Bonchev–Trinajstić information content (AvgIpc) is 2.70. The highest BCUT2D eigenvalue weighted by Gasteiger charge is 2.25. The van der Waals surface area contributed by atoms with Gasteiger partial charge in [0.25, 0.3) is 0 Å². The summed E-state index contributed by atoms with van der Waals surface area (Å²) in [7, 11) is 4.56. The molecule has 0 aliphatic carbocycles. The number of phenolic OH excluding ortho intramolecular Hbond substituents is 1. The topological polar surface area (TPSA) is 74.2 Å². The number of allylic oxidation sites excluding steroid dienone is 1. The molecule has 1 heterocycles. The number of fused-ring (bicyclic) bond motifs is 1. The molecule has 6 nitrogen and oxygen atoms in total. The molecule has 1 aliphatic rings. The van der Waals surface area contributed by atoms with Gasteiger partial charge < -0.3 is 24.1 Å². The molecular formula is C23H24O6. The Morgan fingerprint density at radius 1 is 1.03 bits per heavy atom. The van der Waals surface area contributed by atoms with Gasteiger partial charge in [-0.3, -0.25) is 4.79 Å². The van der Waals surface area contributed by atoms with Gasteiger partial charge >= 0.3 is 0 Å². The molecule has 0 atom stereocenters. The van der Waals surface area contributed by atoms with Gasteiger partial charge in [0.2, 0.25) is 5.75 Å². The summed E-state index contributed by atoms with van der Waals surface area (Å²) in [5.41, 5.74) is 0.857. The van der Waals surface area contributed by atoms with Gasteiger partial charge in [0, 0.05) is 5.56 Å². The van der Waals surface area contributed by atoms with Crippen LogP contribution in [0.3, 0.4) is 0 Å². The number of carbonyl (C=O) groups excluding carboxylic acids is 1. The van der Waals surface area contributed by atoms with Gasteiger partial charge in [-0.1, -0.05) is 0 Å². The molecule has 1 aliphatic heterocycles. The molecule has 0 unspecified atom stereocenters. The lowest BCUT2D eigenvalue weighted by molar-refractivity contribution is 0.104. The van der Waals surface area contributed by atoms with Gasteiger partial charge in [0.05, 0.1) is 32.5 Å². The Morgan fingerprint density at radius 2 is 1.76 bits per heavy atom. The molecular weight excluding hydrogens is 372 g/mol. The van der Waals surface area contributed by atoms with E-state index in [1.165, 1.54) is 27.4 Å².